The number of aromatic hydroxyl groups is 1. The number of nitrogens with one attached hydrogen (secondary N) is 1. The number of carbonyl (C=O) groups excluding carboxylic acids is 1. The first-order chi connectivity index (χ1) is 13.1. The zero-order valence-corrected chi connectivity index (χ0v) is 16.5. The van der Waals surface area contributed by atoms with E-state index >= 15 is 0 Å². The number of ether oxygens (including phenoxy) is 1. The van der Waals surface area contributed by atoms with Crippen molar-refractivity contribution < 1.29 is 19.0 Å². The van der Waals surface area contributed by atoms with Crippen LogP contribution in [0.3, 0.4) is 0 Å². The Morgan fingerprint density at radius 2 is 2.04 bits per heavy atom. The predicted octanol–water partition coefficient (Wildman–Crippen LogP) is 3.56. The number of anilines is 2. The minimum Gasteiger partial charge on any atom is -0.493 e. The normalized spacial score (nSPS) is 11.2. The number of amides is 1. The highest BCUT2D eigenvalue weighted by atomic mass is 19.1. The molecule has 0 bridgehead atoms. The van der Waals surface area contributed by atoms with Crippen LogP contribution in [0.5, 0.6) is 5.88 Å². The van der Waals surface area contributed by atoms with Crippen molar-refractivity contribution >= 4 is 17.5 Å². The Morgan fingerprint density at radius 1 is 1.32 bits per heavy atom. The molecule has 7 nitrogen and oxygen atoms in total. The number of hydrogen-bond donors (Lipinski definition) is 2. The number of nitrogens with zero attached hydrogens (tertiary/aromatic N) is 3. The van der Waals surface area contributed by atoms with E-state index in [2.05, 4.69) is 21.9 Å². The lowest BCUT2D eigenvalue weighted by Gasteiger charge is -2.26. The van der Waals surface area contributed by atoms with Crippen LogP contribution in [0.1, 0.15) is 32.8 Å². The maximum absolute atomic E-state index is 13.3. The van der Waals surface area contributed by atoms with E-state index < -0.39 is 5.82 Å². The fraction of sp³-hybridized carbons (Fsp3) is 0.350. The molecule has 0 aliphatic heterocycles. The van der Waals surface area contributed by atoms with Crippen LogP contribution in [0.2, 0.25) is 0 Å². The molecule has 0 radical (unpaired) electrons. The molecule has 0 aliphatic rings. The molecule has 150 valence electrons. The van der Waals surface area contributed by atoms with Crippen LogP contribution < -0.4 is 10.2 Å². The van der Waals surface area contributed by atoms with E-state index in [1.54, 1.807) is 13.0 Å². The molecule has 0 fully saturated rings. The van der Waals surface area contributed by atoms with Crippen molar-refractivity contribution in [2.24, 2.45) is 0 Å². The summed E-state index contributed by atoms with van der Waals surface area (Å²) in [5.41, 5.74) is 0.361. The standard InChI is InChI=1S/C20H25FN4O3/c1-13-6-9-17(26)24-19(13)25(16-8-7-15(21)12-22-16)14(2)23-18(27)10-11-28-20(3,4)5/h6-9,12H,2,10-11H2,1,3-5H3,(H,23,27)(H,24,26). The van der Waals surface area contributed by atoms with Crippen LogP contribution in [0.25, 0.3) is 0 Å². The number of aryl methyl sites for hydroxylation is 1. The van der Waals surface area contributed by atoms with Gasteiger partial charge in [-0.2, -0.15) is 4.98 Å². The van der Waals surface area contributed by atoms with Crippen molar-refractivity contribution in [2.75, 3.05) is 11.5 Å². The van der Waals surface area contributed by atoms with Gasteiger partial charge in [-0.15, -0.1) is 0 Å². The first kappa shape index (κ1) is 21.3. The first-order valence-electron chi connectivity index (χ1n) is 8.78. The summed E-state index contributed by atoms with van der Waals surface area (Å²) >= 11 is 0. The number of aromatic nitrogens is 2. The van der Waals surface area contributed by atoms with E-state index in [4.69, 9.17) is 4.74 Å². The molecule has 28 heavy (non-hydrogen) atoms. The van der Waals surface area contributed by atoms with Gasteiger partial charge in [-0.1, -0.05) is 12.6 Å². The van der Waals surface area contributed by atoms with Crippen molar-refractivity contribution in [2.45, 2.75) is 39.7 Å². The number of carbonyl (C=O) groups is 1. The van der Waals surface area contributed by atoms with Gasteiger partial charge in [0.15, 0.2) is 0 Å². The van der Waals surface area contributed by atoms with Crippen LogP contribution in [-0.2, 0) is 9.53 Å². The van der Waals surface area contributed by atoms with Crippen LogP contribution in [-0.4, -0.2) is 33.2 Å². The monoisotopic (exact) mass is 388 g/mol. The number of halogens is 1. The maximum Gasteiger partial charge on any atom is 0.227 e. The summed E-state index contributed by atoms with van der Waals surface area (Å²) in [6.45, 7) is 11.6. The second-order valence-corrected chi connectivity index (χ2v) is 7.19. The minimum absolute atomic E-state index is 0.132. The minimum atomic E-state index is -0.502. The highest BCUT2D eigenvalue weighted by Gasteiger charge is 2.21. The Balaban J connectivity index is 2.24. The number of pyridine rings is 2. The predicted molar refractivity (Wildman–Crippen MR) is 105 cm³/mol. The molecule has 2 rings (SSSR count). The van der Waals surface area contributed by atoms with Gasteiger partial charge in [0.25, 0.3) is 0 Å². The largest absolute Gasteiger partial charge is 0.493 e. The lowest BCUT2D eigenvalue weighted by atomic mass is 10.2. The zero-order chi connectivity index (χ0) is 20.9. The second kappa shape index (κ2) is 8.79. The molecule has 0 atom stereocenters. The van der Waals surface area contributed by atoms with Gasteiger partial charge in [0.1, 0.15) is 23.3 Å². The third kappa shape index (κ3) is 6.02. The zero-order valence-electron chi connectivity index (χ0n) is 16.5. The van der Waals surface area contributed by atoms with Crippen molar-refractivity contribution in [1.29, 1.82) is 0 Å². The summed E-state index contributed by atoms with van der Waals surface area (Å²) in [4.78, 5) is 21.9. The Bertz CT molecular complexity index is 848. The molecule has 0 unspecified atom stereocenters. The number of hydrogen-bond acceptors (Lipinski definition) is 6. The van der Waals surface area contributed by atoms with Crippen LogP contribution in [0.15, 0.2) is 42.9 Å². The fourth-order valence-electron chi connectivity index (χ4n) is 2.34. The molecule has 0 saturated carbocycles. The SMILES string of the molecule is C=C(NC(=O)CCOC(C)(C)C)N(c1ccc(F)cn1)c1nc(O)ccc1C. The Morgan fingerprint density at radius 3 is 2.64 bits per heavy atom. The molecule has 2 N–H and O–H groups in total. The van der Waals surface area contributed by atoms with Gasteiger partial charge in [0.2, 0.25) is 11.8 Å². The van der Waals surface area contributed by atoms with Crippen LogP contribution in [0, 0.1) is 12.7 Å². The molecule has 1 amide bonds. The average molecular weight is 388 g/mol. The van der Waals surface area contributed by atoms with E-state index in [-0.39, 0.29) is 36.2 Å². The van der Waals surface area contributed by atoms with Gasteiger partial charge in [0, 0.05) is 6.07 Å². The summed E-state index contributed by atoms with van der Waals surface area (Å²) in [7, 11) is 0. The molecule has 0 aromatic carbocycles. The van der Waals surface area contributed by atoms with E-state index in [0.29, 0.717) is 17.2 Å². The molecule has 2 aromatic rings. The molecular weight excluding hydrogens is 363 g/mol. The summed E-state index contributed by atoms with van der Waals surface area (Å²) in [5.74, 6) is -0.238. The molecule has 8 heteroatoms. The Labute approximate surface area is 163 Å². The molecule has 2 aromatic heterocycles. The molecule has 0 saturated heterocycles. The topological polar surface area (TPSA) is 87.6 Å². The third-order valence-electron chi connectivity index (χ3n) is 3.63. The first-order valence-corrected chi connectivity index (χ1v) is 8.78. The summed E-state index contributed by atoms with van der Waals surface area (Å²) in [6.07, 6.45) is 1.18. The Kier molecular flexibility index (Phi) is 6.69. The van der Waals surface area contributed by atoms with Gasteiger partial charge in [-0.05, 0) is 45.4 Å². The van der Waals surface area contributed by atoms with Crippen LogP contribution >= 0.6 is 0 Å². The number of rotatable bonds is 7. The van der Waals surface area contributed by atoms with Crippen molar-refractivity contribution in [3.63, 3.8) is 0 Å². The fourth-order valence-corrected chi connectivity index (χ4v) is 2.34. The van der Waals surface area contributed by atoms with Gasteiger partial charge < -0.3 is 15.2 Å². The molecule has 0 spiro atoms. The lowest BCUT2D eigenvalue weighted by Crippen LogP contribution is -2.34. The van der Waals surface area contributed by atoms with E-state index in [1.807, 2.05) is 20.8 Å². The van der Waals surface area contributed by atoms with Crippen molar-refractivity contribution in [3.05, 3.63) is 54.2 Å². The maximum atomic E-state index is 13.3. The lowest BCUT2D eigenvalue weighted by molar-refractivity contribution is -0.122. The summed E-state index contributed by atoms with van der Waals surface area (Å²) in [6, 6.07) is 5.78. The van der Waals surface area contributed by atoms with E-state index in [0.717, 1.165) is 6.20 Å². The third-order valence-corrected chi connectivity index (χ3v) is 3.63. The second-order valence-electron chi connectivity index (χ2n) is 7.19. The summed E-state index contributed by atoms with van der Waals surface area (Å²) < 4.78 is 18.9. The van der Waals surface area contributed by atoms with Gasteiger partial charge in [-0.25, -0.2) is 9.37 Å². The average Bonchev–Trinajstić information content (AvgIpc) is 2.58. The van der Waals surface area contributed by atoms with E-state index in [9.17, 15) is 14.3 Å². The van der Waals surface area contributed by atoms with Gasteiger partial charge >= 0.3 is 0 Å². The molecular formula is C20H25FN4O3. The Hall–Kier alpha value is -3.00. The highest BCUT2D eigenvalue weighted by molar-refractivity contribution is 5.80. The quantitative estimate of drug-likeness (QED) is 0.754. The molecule has 0 aliphatic carbocycles. The van der Waals surface area contributed by atoms with Crippen molar-refractivity contribution in [1.82, 2.24) is 15.3 Å². The van der Waals surface area contributed by atoms with E-state index in [1.165, 1.54) is 23.1 Å². The van der Waals surface area contributed by atoms with Gasteiger partial charge in [0.05, 0.1) is 24.8 Å². The summed E-state index contributed by atoms with van der Waals surface area (Å²) in [5, 5.41) is 12.5. The smallest absolute Gasteiger partial charge is 0.227 e. The van der Waals surface area contributed by atoms with Crippen molar-refractivity contribution in [3.8, 4) is 5.88 Å². The molecule has 2 heterocycles. The van der Waals surface area contributed by atoms with Crippen LogP contribution in [0.4, 0.5) is 16.0 Å². The highest BCUT2D eigenvalue weighted by Crippen LogP contribution is 2.29. The van der Waals surface area contributed by atoms with Gasteiger partial charge in [-0.3, -0.25) is 9.69 Å².